The van der Waals surface area contributed by atoms with Gasteiger partial charge in [-0.3, -0.25) is 0 Å². The monoisotopic (exact) mass is 432 g/mol. The Balaban J connectivity index is 1.65. The average molecular weight is 433 g/mol. The van der Waals surface area contributed by atoms with Gasteiger partial charge >= 0.3 is 0 Å². The third-order valence-corrected chi connectivity index (χ3v) is 8.50. The van der Waals surface area contributed by atoms with Gasteiger partial charge < -0.3 is 0 Å². The summed E-state index contributed by atoms with van der Waals surface area (Å²) in [6.07, 6.45) is 20.6. The van der Waals surface area contributed by atoms with E-state index < -0.39 is 0 Å². The second-order valence-electron chi connectivity index (χ2n) is 10.6. The molecule has 0 unspecified atom stereocenters. The van der Waals surface area contributed by atoms with E-state index in [-0.39, 0.29) is 0 Å². The number of rotatable bonds is 10. The van der Waals surface area contributed by atoms with Gasteiger partial charge in [-0.15, -0.1) is 0 Å². The normalized spacial score (nSPS) is 25.8. The second kappa shape index (κ2) is 13.0. The summed E-state index contributed by atoms with van der Waals surface area (Å²) in [4.78, 5) is 0. The first-order valence-electron chi connectivity index (χ1n) is 13.7. The first-order chi connectivity index (χ1) is 15.7. The van der Waals surface area contributed by atoms with Crippen molar-refractivity contribution < 1.29 is 0 Å². The number of unbranched alkanes of at least 4 members (excludes halogenated alkanes) is 4. The van der Waals surface area contributed by atoms with Crippen LogP contribution in [-0.2, 0) is 0 Å². The highest BCUT2D eigenvalue weighted by Crippen LogP contribution is 2.43. The molecule has 0 bridgehead atoms. The molecule has 0 amide bonds. The molecule has 1 aromatic carbocycles. The summed E-state index contributed by atoms with van der Waals surface area (Å²) in [6.45, 7) is 4.55. The molecule has 0 atom stereocenters. The molecular formula is C30H44N2. The largest absolute Gasteiger partial charge is 0.192 e. The lowest BCUT2D eigenvalue weighted by molar-refractivity contribution is 0.300. The van der Waals surface area contributed by atoms with Gasteiger partial charge in [0.2, 0.25) is 0 Å². The van der Waals surface area contributed by atoms with Crippen molar-refractivity contribution in [3.8, 4) is 12.1 Å². The summed E-state index contributed by atoms with van der Waals surface area (Å²) in [5.41, 5.74) is 3.72. The molecule has 0 N–H and O–H groups in total. The van der Waals surface area contributed by atoms with E-state index in [1.807, 2.05) is 0 Å². The Morgan fingerprint density at radius 1 is 0.625 bits per heavy atom. The van der Waals surface area contributed by atoms with Crippen LogP contribution in [0.3, 0.4) is 0 Å². The molecule has 2 saturated carbocycles. The maximum absolute atomic E-state index is 10.0. The molecule has 3 rings (SSSR count). The van der Waals surface area contributed by atoms with Crippen LogP contribution in [0.2, 0.25) is 0 Å². The van der Waals surface area contributed by atoms with Crippen LogP contribution in [0, 0.1) is 34.5 Å². The van der Waals surface area contributed by atoms with Crippen LogP contribution in [-0.4, -0.2) is 0 Å². The Hall–Kier alpha value is -1.80. The van der Waals surface area contributed by atoms with Gasteiger partial charge in [-0.1, -0.05) is 77.3 Å². The molecule has 0 heterocycles. The van der Waals surface area contributed by atoms with Crippen LogP contribution in [0.25, 0.3) is 0 Å². The number of nitrogens with zero attached hydrogens (tertiary/aromatic N) is 2. The van der Waals surface area contributed by atoms with Crippen molar-refractivity contribution in [1.29, 1.82) is 10.5 Å². The zero-order valence-electron chi connectivity index (χ0n) is 20.7. The Kier molecular flexibility index (Phi) is 10.1. The standard InChI is InChI=1S/C30H44N2/c1-3-5-7-9-23-11-15-25(16-12-23)27-19-20-28(30(22-32)29(27)21-31)26-17-13-24(14-18-26)10-8-6-4-2/h19-20,23-26H,3-18H2,1-2H3. The molecule has 2 nitrogen and oxygen atoms in total. The molecule has 0 spiro atoms. The molecule has 0 aliphatic heterocycles. The van der Waals surface area contributed by atoms with Crippen molar-refractivity contribution in [2.24, 2.45) is 11.8 Å². The van der Waals surface area contributed by atoms with Gasteiger partial charge in [0.05, 0.1) is 11.1 Å². The fourth-order valence-electron chi connectivity index (χ4n) is 6.45. The highest BCUT2D eigenvalue weighted by molar-refractivity contribution is 5.56. The minimum Gasteiger partial charge on any atom is -0.192 e. The van der Waals surface area contributed by atoms with Gasteiger partial charge in [0, 0.05) is 0 Å². The number of hydrogen-bond acceptors (Lipinski definition) is 2. The quantitative estimate of drug-likeness (QED) is 0.346. The van der Waals surface area contributed by atoms with Crippen LogP contribution in [0.4, 0.5) is 0 Å². The van der Waals surface area contributed by atoms with Crippen LogP contribution in [0.15, 0.2) is 12.1 Å². The van der Waals surface area contributed by atoms with E-state index in [0.717, 1.165) is 23.0 Å². The summed E-state index contributed by atoms with van der Waals surface area (Å²) in [6, 6.07) is 9.38. The fourth-order valence-corrected chi connectivity index (χ4v) is 6.45. The van der Waals surface area contributed by atoms with Crippen molar-refractivity contribution >= 4 is 0 Å². The van der Waals surface area contributed by atoms with Gasteiger partial charge in [0.15, 0.2) is 0 Å². The van der Waals surface area contributed by atoms with Gasteiger partial charge in [0.1, 0.15) is 12.1 Å². The molecule has 2 fully saturated rings. The summed E-state index contributed by atoms with van der Waals surface area (Å²) in [5, 5.41) is 20.1. The van der Waals surface area contributed by atoms with Crippen molar-refractivity contribution in [1.82, 2.24) is 0 Å². The van der Waals surface area contributed by atoms with Gasteiger partial charge in [0.25, 0.3) is 0 Å². The van der Waals surface area contributed by atoms with E-state index in [0.29, 0.717) is 23.0 Å². The number of nitriles is 2. The molecule has 32 heavy (non-hydrogen) atoms. The fraction of sp³-hybridized carbons (Fsp3) is 0.733. The Morgan fingerprint density at radius 2 is 1.00 bits per heavy atom. The highest BCUT2D eigenvalue weighted by Gasteiger charge is 2.29. The third kappa shape index (κ3) is 6.38. The maximum Gasteiger partial charge on any atom is 0.101 e. The zero-order valence-corrected chi connectivity index (χ0v) is 20.7. The summed E-state index contributed by atoms with van der Waals surface area (Å²) >= 11 is 0. The molecule has 2 aliphatic rings. The van der Waals surface area contributed by atoms with Gasteiger partial charge in [-0.05, 0) is 86.2 Å². The van der Waals surface area contributed by atoms with Crippen molar-refractivity contribution in [2.75, 3.05) is 0 Å². The zero-order chi connectivity index (χ0) is 22.8. The second-order valence-corrected chi connectivity index (χ2v) is 10.6. The Labute approximate surface area is 197 Å². The third-order valence-electron chi connectivity index (χ3n) is 8.50. The van der Waals surface area contributed by atoms with Crippen molar-refractivity contribution in [3.63, 3.8) is 0 Å². The predicted molar refractivity (Wildman–Crippen MR) is 134 cm³/mol. The van der Waals surface area contributed by atoms with E-state index in [9.17, 15) is 10.5 Å². The van der Waals surface area contributed by atoms with E-state index >= 15 is 0 Å². The molecule has 1 aromatic rings. The van der Waals surface area contributed by atoms with Gasteiger partial charge in [-0.2, -0.15) is 10.5 Å². The first kappa shape index (κ1) is 24.8. The first-order valence-corrected chi connectivity index (χ1v) is 13.7. The van der Waals surface area contributed by atoms with E-state index in [4.69, 9.17) is 0 Å². The molecule has 0 radical (unpaired) electrons. The summed E-state index contributed by atoms with van der Waals surface area (Å²) in [7, 11) is 0. The van der Waals surface area contributed by atoms with Crippen LogP contribution in [0.1, 0.15) is 151 Å². The van der Waals surface area contributed by atoms with Crippen LogP contribution < -0.4 is 0 Å². The minimum absolute atomic E-state index is 0.461. The summed E-state index contributed by atoms with van der Waals surface area (Å²) < 4.78 is 0. The smallest absolute Gasteiger partial charge is 0.101 e. The Bertz CT molecular complexity index is 713. The number of hydrogen-bond donors (Lipinski definition) is 0. The Morgan fingerprint density at radius 3 is 1.31 bits per heavy atom. The molecule has 174 valence electrons. The topological polar surface area (TPSA) is 47.6 Å². The van der Waals surface area contributed by atoms with E-state index in [1.165, 1.54) is 103 Å². The van der Waals surface area contributed by atoms with E-state index in [2.05, 4.69) is 38.1 Å². The predicted octanol–water partition coefficient (Wildman–Crippen LogP) is 9.14. The van der Waals surface area contributed by atoms with E-state index in [1.54, 1.807) is 0 Å². The summed E-state index contributed by atoms with van der Waals surface area (Å²) in [5.74, 6) is 2.65. The van der Waals surface area contributed by atoms with Crippen LogP contribution in [0.5, 0.6) is 0 Å². The maximum atomic E-state index is 10.0. The van der Waals surface area contributed by atoms with Gasteiger partial charge in [-0.25, -0.2) is 0 Å². The molecule has 0 saturated heterocycles. The van der Waals surface area contributed by atoms with Crippen LogP contribution >= 0.6 is 0 Å². The lowest BCUT2D eigenvalue weighted by Crippen LogP contribution is -2.17. The van der Waals surface area contributed by atoms with Crippen molar-refractivity contribution in [2.45, 2.75) is 128 Å². The lowest BCUT2D eigenvalue weighted by atomic mass is 9.72. The highest BCUT2D eigenvalue weighted by atomic mass is 14.4. The molecule has 2 aliphatic carbocycles. The molecule has 2 heteroatoms. The molecule has 0 aromatic heterocycles. The average Bonchev–Trinajstić information content (AvgIpc) is 2.84. The SMILES string of the molecule is CCCCCC1CCC(c2ccc(C3CCC(CCCCC)CC3)c(C#N)c2C#N)CC1. The minimum atomic E-state index is 0.461. The molecular weight excluding hydrogens is 388 g/mol. The van der Waals surface area contributed by atoms with Crippen molar-refractivity contribution in [3.05, 3.63) is 34.4 Å². The lowest BCUT2D eigenvalue weighted by Gasteiger charge is -2.31. The number of benzene rings is 1.